The lowest BCUT2D eigenvalue weighted by Crippen LogP contribution is -2.15. The van der Waals surface area contributed by atoms with Gasteiger partial charge in [0.25, 0.3) is 11.8 Å². The SMILES string of the molecule is CNc1cc(C(=O)Nc2cc(C(=O)Nc3cc(C=O)n(C)c3)n(C)c2)n(C)c1. The van der Waals surface area contributed by atoms with E-state index in [2.05, 4.69) is 16.0 Å². The number of hydrogen-bond acceptors (Lipinski definition) is 4. The van der Waals surface area contributed by atoms with Gasteiger partial charge in [-0.2, -0.15) is 0 Å². The summed E-state index contributed by atoms with van der Waals surface area (Å²) >= 11 is 0. The molecule has 0 bridgehead atoms. The molecule has 3 rings (SSSR count). The minimum Gasteiger partial charge on any atom is -0.387 e. The van der Waals surface area contributed by atoms with E-state index < -0.39 is 0 Å². The molecule has 2 amide bonds. The van der Waals surface area contributed by atoms with Crippen LogP contribution in [0.4, 0.5) is 17.1 Å². The molecule has 9 nitrogen and oxygen atoms in total. The summed E-state index contributed by atoms with van der Waals surface area (Å²) in [7, 11) is 7.00. The van der Waals surface area contributed by atoms with E-state index in [1.807, 2.05) is 6.20 Å². The van der Waals surface area contributed by atoms with Crippen LogP contribution in [-0.4, -0.2) is 38.8 Å². The van der Waals surface area contributed by atoms with Gasteiger partial charge >= 0.3 is 0 Å². The van der Waals surface area contributed by atoms with Crippen molar-refractivity contribution in [2.45, 2.75) is 0 Å². The average Bonchev–Trinajstić information content (AvgIpc) is 3.31. The second-order valence-electron chi connectivity index (χ2n) is 6.49. The van der Waals surface area contributed by atoms with Crippen molar-refractivity contribution >= 4 is 35.2 Å². The normalized spacial score (nSPS) is 10.6. The standard InChI is InChI=1S/C19H22N6O3/c1-20-12-6-16(24(3)8-12)18(27)22-14-7-17(25(4)10-14)19(28)21-13-5-15(11-26)23(2)9-13/h5-11,20H,1-4H3,(H,21,28)(H,22,27). The number of nitrogens with zero attached hydrogens (tertiary/aromatic N) is 3. The fourth-order valence-electron chi connectivity index (χ4n) is 2.94. The first kappa shape index (κ1) is 19.0. The number of hydrogen-bond donors (Lipinski definition) is 3. The molecule has 0 fully saturated rings. The van der Waals surface area contributed by atoms with Crippen LogP contribution in [0.15, 0.2) is 36.8 Å². The summed E-state index contributed by atoms with van der Waals surface area (Å²) in [6.45, 7) is 0. The molecule has 0 saturated carbocycles. The van der Waals surface area contributed by atoms with Gasteiger partial charge in [0.1, 0.15) is 11.4 Å². The van der Waals surface area contributed by atoms with Crippen molar-refractivity contribution in [2.24, 2.45) is 21.1 Å². The fourth-order valence-corrected chi connectivity index (χ4v) is 2.94. The van der Waals surface area contributed by atoms with Crippen molar-refractivity contribution in [1.82, 2.24) is 13.7 Å². The third-order valence-electron chi connectivity index (χ3n) is 4.44. The van der Waals surface area contributed by atoms with E-state index in [9.17, 15) is 14.4 Å². The molecule has 0 spiro atoms. The molecule has 0 aliphatic carbocycles. The molecule has 3 aromatic rings. The van der Waals surface area contributed by atoms with Crippen LogP contribution in [-0.2, 0) is 21.1 Å². The minimum absolute atomic E-state index is 0.278. The van der Waals surface area contributed by atoms with Crippen molar-refractivity contribution < 1.29 is 14.4 Å². The fraction of sp³-hybridized carbons (Fsp3) is 0.211. The summed E-state index contributed by atoms with van der Waals surface area (Å²) in [5.74, 6) is -0.623. The maximum Gasteiger partial charge on any atom is 0.272 e. The molecule has 3 N–H and O–H groups in total. The summed E-state index contributed by atoms with van der Waals surface area (Å²) in [5, 5.41) is 8.54. The van der Waals surface area contributed by atoms with Crippen LogP contribution in [0.1, 0.15) is 31.5 Å². The number of aryl methyl sites for hydroxylation is 3. The van der Waals surface area contributed by atoms with Crippen LogP contribution in [0.25, 0.3) is 0 Å². The van der Waals surface area contributed by atoms with Gasteiger partial charge in [0.15, 0.2) is 6.29 Å². The number of rotatable bonds is 6. The van der Waals surface area contributed by atoms with Crippen LogP contribution in [0.5, 0.6) is 0 Å². The van der Waals surface area contributed by atoms with Crippen molar-refractivity contribution in [3.63, 3.8) is 0 Å². The number of nitrogens with one attached hydrogen (secondary N) is 3. The predicted molar refractivity (Wildman–Crippen MR) is 107 cm³/mol. The van der Waals surface area contributed by atoms with Crippen molar-refractivity contribution in [3.8, 4) is 0 Å². The number of anilines is 3. The number of carbonyl (C=O) groups is 3. The quantitative estimate of drug-likeness (QED) is 0.568. The zero-order valence-electron chi connectivity index (χ0n) is 16.1. The molecular formula is C19H22N6O3. The largest absolute Gasteiger partial charge is 0.387 e. The Hall–Kier alpha value is -3.75. The van der Waals surface area contributed by atoms with Crippen LogP contribution in [0, 0.1) is 0 Å². The van der Waals surface area contributed by atoms with Gasteiger partial charge in [-0.3, -0.25) is 14.4 Å². The molecule has 9 heteroatoms. The third kappa shape index (κ3) is 3.68. The second-order valence-corrected chi connectivity index (χ2v) is 6.49. The van der Waals surface area contributed by atoms with Crippen molar-refractivity contribution in [1.29, 1.82) is 0 Å². The van der Waals surface area contributed by atoms with E-state index >= 15 is 0 Å². The zero-order chi connectivity index (χ0) is 20.4. The lowest BCUT2D eigenvalue weighted by atomic mass is 10.3. The first-order valence-corrected chi connectivity index (χ1v) is 8.57. The Labute approximate surface area is 161 Å². The Kier molecular flexibility index (Phi) is 5.08. The predicted octanol–water partition coefficient (Wildman–Crippen LogP) is 2.06. The zero-order valence-corrected chi connectivity index (χ0v) is 16.1. The number of aromatic nitrogens is 3. The summed E-state index contributed by atoms with van der Waals surface area (Å²) in [4.78, 5) is 36.0. The second kappa shape index (κ2) is 7.47. The maximum atomic E-state index is 12.6. The molecule has 0 atom stereocenters. The van der Waals surface area contributed by atoms with E-state index in [4.69, 9.17) is 0 Å². The monoisotopic (exact) mass is 382 g/mol. The molecule has 0 aromatic carbocycles. The van der Waals surface area contributed by atoms with E-state index in [-0.39, 0.29) is 11.8 Å². The summed E-state index contributed by atoms with van der Waals surface area (Å²) in [6.07, 6.45) is 5.85. The lowest BCUT2D eigenvalue weighted by molar-refractivity contribution is 0.101. The topological polar surface area (TPSA) is 102 Å². The average molecular weight is 382 g/mol. The first-order chi connectivity index (χ1) is 13.3. The van der Waals surface area contributed by atoms with Crippen LogP contribution < -0.4 is 16.0 Å². The molecule has 0 saturated heterocycles. The Morgan fingerprint density at radius 3 is 1.71 bits per heavy atom. The third-order valence-corrected chi connectivity index (χ3v) is 4.44. The van der Waals surface area contributed by atoms with Gasteiger partial charge in [-0.1, -0.05) is 0 Å². The molecule has 28 heavy (non-hydrogen) atoms. The van der Waals surface area contributed by atoms with Gasteiger partial charge in [0.2, 0.25) is 0 Å². The molecule has 0 aliphatic rings. The Morgan fingerprint density at radius 2 is 1.25 bits per heavy atom. The van der Waals surface area contributed by atoms with Crippen LogP contribution >= 0.6 is 0 Å². The van der Waals surface area contributed by atoms with E-state index in [1.165, 1.54) is 0 Å². The smallest absolute Gasteiger partial charge is 0.272 e. The van der Waals surface area contributed by atoms with E-state index in [0.717, 1.165) is 12.0 Å². The van der Waals surface area contributed by atoms with Gasteiger partial charge in [-0.25, -0.2) is 0 Å². The van der Waals surface area contributed by atoms with Crippen molar-refractivity contribution in [2.75, 3.05) is 23.0 Å². The first-order valence-electron chi connectivity index (χ1n) is 8.57. The van der Waals surface area contributed by atoms with Gasteiger partial charge in [0, 0.05) is 46.8 Å². The summed E-state index contributed by atoms with van der Waals surface area (Å²) < 4.78 is 4.97. The van der Waals surface area contributed by atoms with Crippen molar-refractivity contribution in [3.05, 3.63) is 53.9 Å². The van der Waals surface area contributed by atoms with Crippen LogP contribution in [0.2, 0.25) is 0 Å². The molecule has 0 radical (unpaired) electrons. The summed E-state index contributed by atoms with van der Waals surface area (Å²) in [5.41, 5.74) is 3.17. The Balaban J connectivity index is 1.74. The molecular weight excluding hydrogens is 360 g/mol. The number of carbonyl (C=O) groups excluding carboxylic acids is 3. The van der Waals surface area contributed by atoms with Gasteiger partial charge in [-0.05, 0) is 18.2 Å². The minimum atomic E-state index is -0.345. The maximum absolute atomic E-state index is 12.6. The Bertz CT molecular complexity index is 1060. The van der Waals surface area contributed by atoms with Gasteiger partial charge in [0.05, 0.1) is 22.8 Å². The summed E-state index contributed by atoms with van der Waals surface area (Å²) in [6, 6.07) is 4.93. The molecule has 0 unspecified atom stereocenters. The van der Waals surface area contributed by atoms with E-state index in [0.29, 0.717) is 28.5 Å². The molecule has 0 aliphatic heterocycles. The highest BCUT2D eigenvalue weighted by Gasteiger charge is 2.17. The number of aldehydes is 1. The van der Waals surface area contributed by atoms with Crippen LogP contribution in [0.3, 0.4) is 0 Å². The highest BCUT2D eigenvalue weighted by atomic mass is 16.2. The Morgan fingerprint density at radius 1 is 0.786 bits per heavy atom. The van der Waals surface area contributed by atoms with E-state index in [1.54, 1.807) is 72.5 Å². The lowest BCUT2D eigenvalue weighted by Gasteiger charge is -2.03. The molecule has 146 valence electrons. The highest BCUT2D eigenvalue weighted by molar-refractivity contribution is 6.07. The number of amides is 2. The highest BCUT2D eigenvalue weighted by Crippen LogP contribution is 2.19. The van der Waals surface area contributed by atoms with Gasteiger partial charge < -0.3 is 29.7 Å². The molecule has 3 aromatic heterocycles. The van der Waals surface area contributed by atoms with Gasteiger partial charge in [-0.15, -0.1) is 0 Å². The molecule has 3 heterocycles.